The molecule has 0 aliphatic heterocycles. The maximum Gasteiger partial charge on any atom is 0.211 e. The number of hydrogen-bond donors (Lipinski definition) is 1. The highest BCUT2D eigenvalue weighted by atomic mass is 35.5. The molecule has 0 saturated carbocycles. The van der Waals surface area contributed by atoms with Gasteiger partial charge in [0.25, 0.3) is 0 Å². The van der Waals surface area contributed by atoms with Gasteiger partial charge in [-0.1, -0.05) is 23.2 Å². The maximum atomic E-state index is 5.94. The predicted molar refractivity (Wildman–Crippen MR) is 69.4 cm³/mol. The lowest BCUT2D eigenvalue weighted by Crippen LogP contribution is -2.12. The third-order valence-corrected chi connectivity index (χ3v) is 2.91. The summed E-state index contributed by atoms with van der Waals surface area (Å²) >= 11 is 11.9. The van der Waals surface area contributed by atoms with Crippen molar-refractivity contribution < 1.29 is 4.42 Å². The minimum absolute atomic E-state index is 0.0680. The van der Waals surface area contributed by atoms with Crippen LogP contribution in [0.2, 0.25) is 10.0 Å². The van der Waals surface area contributed by atoms with Crippen molar-refractivity contribution in [1.29, 1.82) is 0 Å². The summed E-state index contributed by atoms with van der Waals surface area (Å²) in [5.41, 5.74) is 0.824. The zero-order chi connectivity index (χ0) is 12.4. The second-order valence-electron chi connectivity index (χ2n) is 3.73. The Morgan fingerprint density at radius 1 is 1.24 bits per heavy atom. The van der Waals surface area contributed by atoms with E-state index < -0.39 is 0 Å². The molecule has 0 saturated heterocycles. The quantitative estimate of drug-likeness (QED) is 0.919. The lowest BCUT2D eigenvalue weighted by molar-refractivity contribution is 0.441. The van der Waals surface area contributed by atoms with Gasteiger partial charge in [0, 0.05) is 15.6 Å². The van der Waals surface area contributed by atoms with Crippen LogP contribution in [-0.2, 0) is 0 Å². The number of aromatic nitrogens is 1. The van der Waals surface area contributed by atoms with E-state index in [4.69, 9.17) is 27.6 Å². The molecule has 0 bridgehead atoms. The Hall–Kier alpha value is -1.03. The monoisotopic (exact) mass is 270 g/mol. The maximum absolute atomic E-state index is 5.94. The minimum atomic E-state index is 0.0680. The second-order valence-corrected chi connectivity index (χ2v) is 4.60. The summed E-state index contributed by atoms with van der Waals surface area (Å²) in [6.07, 6.45) is 1.67. The highest BCUT2D eigenvalue weighted by molar-refractivity contribution is 6.35. The topological polar surface area (TPSA) is 38.1 Å². The molecule has 90 valence electrons. The van der Waals surface area contributed by atoms with Gasteiger partial charge in [-0.25, -0.2) is 4.98 Å². The van der Waals surface area contributed by atoms with Gasteiger partial charge in [0.15, 0.2) is 5.76 Å². The molecule has 2 aromatic rings. The number of benzene rings is 1. The molecule has 1 heterocycles. The Morgan fingerprint density at radius 3 is 2.47 bits per heavy atom. The first-order valence-electron chi connectivity index (χ1n) is 5.19. The molecule has 1 unspecified atom stereocenters. The van der Waals surface area contributed by atoms with E-state index in [1.165, 1.54) is 0 Å². The first kappa shape index (κ1) is 12.4. The Bertz CT molecular complexity index is 505. The Morgan fingerprint density at radius 2 is 1.88 bits per heavy atom. The predicted octanol–water partition coefficient (Wildman–Crippen LogP) is 3.93. The van der Waals surface area contributed by atoms with E-state index >= 15 is 0 Å². The zero-order valence-corrected chi connectivity index (χ0v) is 11.0. The number of oxazole rings is 1. The molecule has 17 heavy (non-hydrogen) atoms. The van der Waals surface area contributed by atoms with E-state index in [2.05, 4.69) is 10.3 Å². The van der Waals surface area contributed by atoms with Gasteiger partial charge in [0.2, 0.25) is 5.89 Å². The van der Waals surface area contributed by atoms with Crippen LogP contribution in [0.5, 0.6) is 0 Å². The van der Waals surface area contributed by atoms with Crippen molar-refractivity contribution in [1.82, 2.24) is 10.3 Å². The fourth-order valence-corrected chi connectivity index (χ4v) is 1.97. The third-order valence-electron chi connectivity index (χ3n) is 2.47. The lowest BCUT2D eigenvalue weighted by Gasteiger charge is -2.04. The largest absolute Gasteiger partial charge is 0.439 e. The molecule has 0 aliphatic carbocycles. The summed E-state index contributed by atoms with van der Waals surface area (Å²) in [4.78, 5) is 4.21. The SMILES string of the molecule is CNC(C)c1ncc(-c2cc(Cl)cc(Cl)c2)o1. The molecule has 3 nitrogen and oxygen atoms in total. The third kappa shape index (κ3) is 2.80. The molecular formula is C12H12Cl2N2O. The fraction of sp³-hybridized carbons (Fsp3) is 0.250. The number of nitrogens with zero attached hydrogens (tertiary/aromatic N) is 1. The molecular weight excluding hydrogens is 259 g/mol. The van der Waals surface area contributed by atoms with E-state index in [-0.39, 0.29) is 6.04 Å². The average molecular weight is 271 g/mol. The molecule has 1 aromatic heterocycles. The van der Waals surface area contributed by atoms with Crippen molar-refractivity contribution in [2.24, 2.45) is 0 Å². The van der Waals surface area contributed by atoms with Crippen molar-refractivity contribution in [3.63, 3.8) is 0 Å². The summed E-state index contributed by atoms with van der Waals surface area (Å²) in [6.45, 7) is 1.97. The molecule has 1 aromatic carbocycles. The minimum Gasteiger partial charge on any atom is -0.439 e. The summed E-state index contributed by atoms with van der Waals surface area (Å²) < 4.78 is 5.64. The van der Waals surface area contributed by atoms with Gasteiger partial charge in [0.1, 0.15) is 0 Å². The van der Waals surface area contributed by atoms with Crippen LogP contribution in [-0.4, -0.2) is 12.0 Å². The smallest absolute Gasteiger partial charge is 0.211 e. The first-order valence-corrected chi connectivity index (χ1v) is 5.95. The second kappa shape index (κ2) is 5.08. The summed E-state index contributed by atoms with van der Waals surface area (Å²) in [6, 6.07) is 5.34. The normalized spacial score (nSPS) is 12.7. The van der Waals surface area contributed by atoms with E-state index in [0.29, 0.717) is 21.7 Å². The number of halogens is 2. The number of hydrogen-bond acceptors (Lipinski definition) is 3. The molecule has 0 aliphatic rings. The van der Waals surface area contributed by atoms with Gasteiger partial charge < -0.3 is 9.73 Å². The van der Waals surface area contributed by atoms with E-state index in [1.807, 2.05) is 14.0 Å². The molecule has 1 N–H and O–H groups in total. The van der Waals surface area contributed by atoms with Gasteiger partial charge in [-0.3, -0.25) is 0 Å². The van der Waals surface area contributed by atoms with Gasteiger partial charge >= 0.3 is 0 Å². The molecule has 5 heteroatoms. The lowest BCUT2D eigenvalue weighted by atomic mass is 10.2. The van der Waals surface area contributed by atoms with Crippen LogP contribution >= 0.6 is 23.2 Å². The standard InChI is InChI=1S/C12H12Cl2N2O/c1-7(15-2)12-16-6-11(17-12)8-3-9(13)5-10(14)4-8/h3-7,15H,1-2H3. The van der Waals surface area contributed by atoms with Crippen LogP contribution < -0.4 is 5.32 Å². The molecule has 2 rings (SSSR count). The van der Waals surface area contributed by atoms with Crippen molar-refractivity contribution >= 4 is 23.2 Å². The Kier molecular flexibility index (Phi) is 3.72. The van der Waals surface area contributed by atoms with Crippen molar-refractivity contribution in [2.45, 2.75) is 13.0 Å². The van der Waals surface area contributed by atoms with Crippen LogP contribution in [0.3, 0.4) is 0 Å². The van der Waals surface area contributed by atoms with E-state index in [1.54, 1.807) is 24.4 Å². The Labute approximate surface area is 110 Å². The van der Waals surface area contributed by atoms with Crippen LogP contribution in [0.1, 0.15) is 18.9 Å². The molecule has 0 fully saturated rings. The van der Waals surface area contributed by atoms with Gasteiger partial charge in [-0.15, -0.1) is 0 Å². The summed E-state index contributed by atoms with van der Waals surface area (Å²) in [7, 11) is 1.85. The first-order chi connectivity index (χ1) is 8.10. The van der Waals surface area contributed by atoms with Crippen molar-refractivity contribution in [3.8, 4) is 11.3 Å². The van der Waals surface area contributed by atoms with Gasteiger partial charge in [0.05, 0.1) is 12.2 Å². The fourth-order valence-electron chi connectivity index (χ4n) is 1.44. The zero-order valence-electron chi connectivity index (χ0n) is 9.50. The molecule has 0 amide bonds. The Balaban J connectivity index is 2.36. The van der Waals surface area contributed by atoms with E-state index in [9.17, 15) is 0 Å². The number of rotatable bonds is 3. The number of nitrogens with one attached hydrogen (secondary N) is 1. The molecule has 0 spiro atoms. The summed E-state index contributed by atoms with van der Waals surface area (Å²) in [5.74, 6) is 1.30. The average Bonchev–Trinajstić information content (AvgIpc) is 2.76. The van der Waals surface area contributed by atoms with Crippen LogP contribution in [0.25, 0.3) is 11.3 Å². The molecule has 1 atom stereocenters. The van der Waals surface area contributed by atoms with Crippen molar-refractivity contribution in [2.75, 3.05) is 7.05 Å². The summed E-state index contributed by atoms with van der Waals surface area (Å²) in [5, 5.41) is 4.21. The highest BCUT2D eigenvalue weighted by Gasteiger charge is 2.12. The van der Waals surface area contributed by atoms with Crippen molar-refractivity contribution in [3.05, 3.63) is 40.3 Å². The van der Waals surface area contributed by atoms with Gasteiger partial charge in [-0.05, 0) is 32.2 Å². The van der Waals surface area contributed by atoms with E-state index in [0.717, 1.165) is 5.56 Å². The van der Waals surface area contributed by atoms with Crippen LogP contribution in [0.4, 0.5) is 0 Å². The van der Waals surface area contributed by atoms with Crippen LogP contribution in [0.15, 0.2) is 28.8 Å². The van der Waals surface area contributed by atoms with Gasteiger partial charge in [-0.2, -0.15) is 0 Å². The van der Waals surface area contributed by atoms with Crippen LogP contribution in [0, 0.1) is 0 Å². The highest BCUT2D eigenvalue weighted by Crippen LogP contribution is 2.28. The molecule has 0 radical (unpaired) electrons.